The number of pyridine rings is 1. The van der Waals surface area contributed by atoms with E-state index in [1.165, 1.54) is 13.1 Å². The first kappa shape index (κ1) is 15.0. The van der Waals surface area contributed by atoms with Crippen molar-refractivity contribution in [3.05, 3.63) is 58.9 Å². The molecule has 0 atom stereocenters. The van der Waals surface area contributed by atoms with Gasteiger partial charge < -0.3 is 10.1 Å². The number of hydrogen-bond donors (Lipinski definition) is 1. The third-order valence-corrected chi connectivity index (χ3v) is 2.83. The number of ether oxygens (including phenoxy) is 1. The Morgan fingerprint density at radius 2 is 2.10 bits per heavy atom. The molecule has 1 aromatic heterocycles. The van der Waals surface area contributed by atoms with Gasteiger partial charge in [0, 0.05) is 23.8 Å². The van der Waals surface area contributed by atoms with Crippen molar-refractivity contribution in [1.29, 1.82) is 0 Å². The zero-order chi connectivity index (χ0) is 15.2. The average molecular weight is 305 g/mol. The first-order chi connectivity index (χ1) is 10.0. The molecular weight excluding hydrogens is 292 g/mol. The van der Waals surface area contributed by atoms with E-state index in [-0.39, 0.29) is 18.5 Å². The standard InChI is InChI=1S/C15H13ClN2O3/c1-10(19)21-9-14-6-5-11(8-17-14)15(20)18-13-4-2-3-12(16)7-13/h2-8H,9H2,1H3,(H,18,20). The van der Waals surface area contributed by atoms with Crippen LogP contribution in [0, 0.1) is 0 Å². The number of carbonyl (C=O) groups excluding carboxylic acids is 2. The fourth-order valence-electron chi connectivity index (χ4n) is 1.59. The van der Waals surface area contributed by atoms with Crippen molar-refractivity contribution in [3.63, 3.8) is 0 Å². The van der Waals surface area contributed by atoms with Gasteiger partial charge in [-0.05, 0) is 30.3 Å². The van der Waals surface area contributed by atoms with Crippen LogP contribution in [0.4, 0.5) is 5.69 Å². The molecule has 1 heterocycles. The zero-order valence-electron chi connectivity index (χ0n) is 11.3. The lowest BCUT2D eigenvalue weighted by atomic mass is 10.2. The highest BCUT2D eigenvalue weighted by Crippen LogP contribution is 2.15. The Kier molecular flexibility index (Phi) is 4.90. The lowest BCUT2D eigenvalue weighted by Crippen LogP contribution is -2.12. The molecule has 5 nitrogen and oxygen atoms in total. The molecule has 0 unspecified atom stereocenters. The van der Waals surface area contributed by atoms with E-state index in [4.69, 9.17) is 16.3 Å². The van der Waals surface area contributed by atoms with Crippen LogP contribution >= 0.6 is 11.6 Å². The van der Waals surface area contributed by atoms with Gasteiger partial charge in [0.15, 0.2) is 0 Å². The van der Waals surface area contributed by atoms with Gasteiger partial charge in [-0.2, -0.15) is 0 Å². The molecule has 0 spiro atoms. The number of anilines is 1. The SMILES string of the molecule is CC(=O)OCc1ccc(C(=O)Nc2cccc(Cl)c2)cn1. The second kappa shape index (κ2) is 6.85. The number of hydrogen-bond acceptors (Lipinski definition) is 4. The highest BCUT2D eigenvalue weighted by molar-refractivity contribution is 6.30. The lowest BCUT2D eigenvalue weighted by molar-refractivity contribution is -0.142. The Morgan fingerprint density at radius 3 is 2.71 bits per heavy atom. The molecule has 2 rings (SSSR count). The number of halogens is 1. The summed E-state index contributed by atoms with van der Waals surface area (Å²) in [4.78, 5) is 26.8. The molecule has 0 aliphatic heterocycles. The summed E-state index contributed by atoms with van der Waals surface area (Å²) in [5.74, 6) is -0.664. The van der Waals surface area contributed by atoms with Gasteiger partial charge in [-0.1, -0.05) is 17.7 Å². The molecule has 0 radical (unpaired) electrons. The second-order valence-electron chi connectivity index (χ2n) is 4.28. The molecule has 1 amide bonds. The van der Waals surface area contributed by atoms with Crippen molar-refractivity contribution in [2.24, 2.45) is 0 Å². The van der Waals surface area contributed by atoms with Crippen molar-refractivity contribution in [3.8, 4) is 0 Å². The van der Waals surface area contributed by atoms with E-state index >= 15 is 0 Å². The predicted octanol–water partition coefficient (Wildman–Crippen LogP) is 3.05. The van der Waals surface area contributed by atoms with Crippen LogP contribution in [0.5, 0.6) is 0 Å². The van der Waals surface area contributed by atoms with Gasteiger partial charge in [-0.3, -0.25) is 14.6 Å². The molecule has 0 aliphatic carbocycles. The van der Waals surface area contributed by atoms with Crippen LogP contribution in [0.3, 0.4) is 0 Å². The molecule has 0 fully saturated rings. The zero-order valence-corrected chi connectivity index (χ0v) is 12.1. The number of benzene rings is 1. The molecule has 108 valence electrons. The van der Waals surface area contributed by atoms with E-state index in [1.807, 2.05) is 0 Å². The molecule has 0 bridgehead atoms. The number of rotatable bonds is 4. The van der Waals surface area contributed by atoms with E-state index in [2.05, 4.69) is 10.3 Å². The Morgan fingerprint density at radius 1 is 1.29 bits per heavy atom. The topological polar surface area (TPSA) is 68.3 Å². The molecule has 0 saturated heterocycles. The van der Waals surface area contributed by atoms with Gasteiger partial charge in [0.25, 0.3) is 5.91 Å². The van der Waals surface area contributed by atoms with Crippen LogP contribution in [0.1, 0.15) is 23.0 Å². The first-order valence-electron chi connectivity index (χ1n) is 6.20. The largest absolute Gasteiger partial charge is 0.459 e. The third kappa shape index (κ3) is 4.57. The third-order valence-electron chi connectivity index (χ3n) is 2.59. The van der Waals surface area contributed by atoms with E-state index in [0.29, 0.717) is 22.0 Å². The molecule has 21 heavy (non-hydrogen) atoms. The summed E-state index contributed by atoms with van der Waals surface area (Å²) >= 11 is 5.85. The molecule has 6 heteroatoms. The summed E-state index contributed by atoms with van der Waals surface area (Å²) in [6.45, 7) is 1.42. The molecule has 0 aliphatic rings. The van der Waals surface area contributed by atoms with Crippen molar-refractivity contribution >= 4 is 29.2 Å². The summed E-state index contributed by atoms with van der Waals surface area (Å²) in [5, 5.41) is 3.26. The van der Waals surface area contributed by atoms with Crippen molar-refractivity contribution in [2.75, 3.05) is 5.32 Å². The van der Waals surface area contributed by atoms with Crippen LogP contribution < -0.4 is 5.32 Å². The van der Waals surface area contributed by atoms with Gasteiger partial charge in [-0.25, -0.2) is 0 Å². The van der Waals surface area contributed by atoms with Gasteiger partial charge in [0.2, 0.25) is 0 Å². The van der Waals surface area contributed by atoms with Gasteiger partial charge in [0.1, 0.15) is 6.61 Å². The maximum absolute atomic E-state index is 12.0. The number of nitrogens with one attached hydrogen (secondary N) is 1. The lowest BCUT2D eigenvalue weighted by Gasteiger charge is -2.06. The normalized spacial score (nSPS) is 10.0. The number of carbonyl (C=O) groups is 2. The summed E-state index contributed by atoms with van der Waals surface area (Å²) in [5.41, 5.74) is 1.59. The highest BCUT2D eigenvalue weighted by atomic mass is 35.5. The van der Waals surface area contributed by atoms with Crippen molar-refractivity contribution in [2.45, 2.75) is 13.5 Å². The van der Waals surface area contributed by atoms with Crippen LogP contribution in [0.15, 0.2) is 42.6 Å². The number of esters is 1. The van der Waals surface area contributed by atoms with Crippen LogP contribution in [-0.2, 0) is 16.1 Å². The Labute approximate surface area is 126 Å². The second-order valence-corrected chi connectivity index (χ2v) is 4.72. The first-order valence-corrected chi connectivity index (χ1v) is 6.57. The predicted molar refractivity (Wildman–Crippen MR) is 79.1 cm³/mol. The van der Waals surface area contributed by atoms with Crippen molar-refractivity contribution in [1.82, 2.24) is 4.98 Å². The minimum atomic E-state index is -0.375. The minimum absolute atomic E-state index is 0.0888. The minimum Gasteiger partial charge on any atom is -0.459 e. The van der Waals surface area contributed by atoms with Crippen molar-refractivity contribution < 1.29 is 14.3 Å². The fourth-order valence-corrected chi connectivity index (χ4v) is 1.78. The van der Waals surface area contributed by atoms with E-state index in [9.17, 15) is 9.59 Å². The van der Waals surface area contributed by atoms with Gasteiger partial charge in [0.05, 0.1) is 11.3 Å². The Bertz CT molecular complexity index is 656. The molecule has 1 aromatic carbocycles. The van der Waals surface area contributed by atoms with E-state index in [0.717, 1.165) is 0 Å². The Hall–Kier alpha value is -2.40. The maximum atomic E-state index is 12.0. The summed E-state index contributed by atoms with van der Waals surface area (Å²) in [6, 6.07) is 10.1. The quantitative estimate of drug-likeness (QED) is 0.882. The van der Waals surface area contributed by atoms with E-state index in [1.54, 1.807) is 36.4 Å². The van der Waals surface area contributed by atoms with E-state index < -0.39 is 0 Å². The smallest absolute Gasteiger partial charge is 0.303 e. The number of aromatic nitrogens is 1. The molecule has 2 aromatic rings. The number of nitrogens with zero attached hydrogens (tertiary/aromatic N) is 1. The Balaban J connectivity index is 2.01. The maximum Gasteiger partial charge on any atom is 0.303 e. The number of amides is 1. The van der Waals surface area contributed by atoms with Gasteiger partial charge in [-0.15, -0.1) is 0 Å². The van der Waals surface area contributed by atoms with Crippen LogP contribution in [-0.4, -0.2) is 16.9 Å². The summed E-state index contributed by atoms with van der Waals surface area (Å²) < 4.78 is 4.82. The summed E-state index contributed by atoms with van der Waals surface area (Å²) in [7, 11) is 0. The highest BCUT2D eigenvalue weighted by Gasteiger charge is 2.07. The van der Waals surface area contributed by atoms with Crippen LogP contribution in [0.2, 0.25) is 5.02 Å². The molecule has 1 N–H and O–H groups in total. The summed E-state index contributed by atoms with van der Waals surface area (Å²) in [6.07, 6.45) is 1.43. The average Bonchev–Trinajstić information content (AvgIpc) is 2.45. The molecular formula is C15H13ClN2O3. The van der Waals surface area contributed by atoms with Gasteiger partial charge >= 0.3 is 5.97 Å². The fraction of sp³-hybridized carbons (Fsp3) is 0.133. The van der Waals surface area contributed by atoms with Crippen LogP contribution in [0.25, 0.3) is 0 Å². The monoisotopic (exact) mass is 304 g/mol. The molecule has 0 saturated carbocycles.